The Morgan fingerprint density at radius 3 is 2.50 bits per heavy atom. The number of carbonyl (C=O) groups is 2. The lowest BCUT2D eigenvalue weighted by Gasteiger charge is -2.24. The van der Waals surface area contributed by atoms with Crippen molar-refractivity contribution >= 4 is 11.9 Å². The van der Waals surface area contributed by atoms with E-state index in [1.165, 1.54) is 0 Å². The molecule has 2 atom stereocenters. The molecular weight excluding hydrogens is 182 g/mol. The number of likely N-dealkylation sites (tertiary alicyclic amines) is 1. The van der Waals surface area contributed by atoms with Crippen molar-refractivity contribution in [3.05, 3.63) is 0 Å². The van der Waals surface area contributed by atoms with Crippen LogP contribution in [0.1, 0.15) is 27.2 Å². The minimum Gasteiger partial charge on any atom is -0.444 e. The minimum absolute atomic E-state index is 0.113. The van der Waals surface area contributed by atoms with Gasteiger partial charge in [0.15, 0.2) is 5.78 Å². The molecule has 1 amide bonds. The first-order valence-corrected chi connectivity index (χ1v) is 4.91. The summed E-state index contributed by atoms with van der Waals surface area (Å²) in [6.45, 7) is 5.72. The van der Waals surface area contributed by atoms with Crippen LogP contribution in [0.3, 0.4) is 0 Å². The molecule has 2 rings (SSSR count). The van der Waals surface area contributed by atoms with Crippen molar-refractivity contribution in [1.29, 1.82) is 0 Å². The van der Waals surface area contributed by atoms with E-state index in [9.17, 15) is 9.59 Å². The van der Waals surface area contributed by atoms with Gasteiger partial charge >= 0.3 is 6.09 Å². The highest BCUT2D eigenvalue weighted by molar-refractivity contribution is 5.93. The summed E-state index contributed by atoms with van der Waals surface area (Å²) in [5.41, 5.74) is -0.479. The van der Waals surface area contributed by atoms with Crippen LogP contribution in [-0.2, 0) is 9.53 Å². The maximum atomic E-state index is 11.6. The summed E-state index contributed by atoms with van der Waals surface area (Å²) in [7, 11) is 0. The molecule has 0 radical (unpaired) electrons. The average Bonchev–Trinajstić information content (AvgIpc) is 2.69. The second-order valence-corrected chi connectivity index (χ2v) is 4.98. The number of Topliss-reactive ketones (excluding diaryl/α,β-unsaturated/α-hetero) is 1. The summed E-state index contributed by atoms with van der Waals surface area (Å²) >= 11 is 0. The largest absolute Gasteiger partial charge is 0.444 e. The summed E-state index contributed by atoms with van der Waals surface area (Å²) in [6, 6.07) is 0.136. The van der Waals surface area contributed by atoms with Crippen LogP contribution >= 0.6 is 0 Å². The van der Waals surface area contributed by atoms with E-state index in [1.807, 2.05) is 20.8 Å². The Bertz CT molecular complexity index is 292. The van der Waals surface area contributed by atoms with E-state index in [0.29, 0.717) is 0 Å². The fourth-order valence-corrected chi connectivity index (χ4v) is 1.79. The number of amides is 1. The van der Waals surface area contributed by atoms with Crippen LogP contribution < -0.4 is 0 Å². The third-order valence-electron chi connectivity index (χ3n) is 2.52. The average molecular weight is 197 g/mol. The normalized spacial score (nSPS) is 30.2. The van der Waals surface area contributed by atoms with E-state index in [4.69, 9.17) is 4.74 Å². The molecule has 14 heavy (non-hydrogen) atoms. The van der Waals surface area contributed by atoms with Gasteiger partial charge < -0.3 is 4.74 Å². The number of hydrogen-bond donors (Lipinski definition) is 0. The molecule has 1 heterocycles. The lowest BCUT2D eigenvalue weighted by atomic mass is 10.2. The quantitative estimate of drug-likeness (QED) is 0.586. The third kappa shape index (κ3) is 1.61. The molecule has 0 spiro atoms. The Balaban J connectivity index is 1.97. The Kier molecular flexibility index (Phi) is 1.84. The van der Waals surface area contributed by atoms with Gasteiger partial charge in [-0.05, 0) is 27.2 Å². The molecular formula is C10H15NO3. The molecule has 0 unspecified atom stereocenters. The summed E-state index contributed by atoms with van der Waals surface area (Å²) < 4.78 is 5.20. The van der Waals surface area contributed by atoms with Crippen molar-refractivity contribution in [2.75, 3.05) is 6.54 Å². The Labute approximate surface area is 83.2 Å². The molecule has 0 aromatic heterocycles. The van der Waals surface area contributed by atoms with Gasteiger partial charge in [0.2, 0.25) is 0 Å². The molecule has 0 aromatic rings. The van der Waals surface area contributed by atoms with Crippen molar-refractivity contribution in [2.24, 2.45) is 5.92 Å². The van der Waals surface area contributed by atoms with E-state index >= 15 is 0 Å². The second kappa shape index (κ2) is 2.72. The van der Waals surface area contributed by atoms with Gasteiger partial charge in [-0.1, -0.05) is 0 Å². The monoisotopic (exact) mass is 197 g/mol. The summed E-state index contributed by atoms with van der Waals surface area (Å²) in [4.78, 5) is 24.4. The van der Waals surface area contributed by atoms with Gasteiger partial charge in [0.1, 0.15) is 5.60 Å². The first kappa shape index (κ1) is 9.49. The van der Waals surface area contributed by atoms with Crippen molar-refractivity contribution in [1.82, 2.24) is 4.90 Å². The van der Waals surface area contributed by atoms with Crippen LogP contribution in [0.15, 0.2) is 0 Å². The van der Waals surface area contributed by atoms with E-state index in [0.717, 1.165) is 6.42 Å². The molecule has 4 nitrogen and oxygen atoms in total. The highest BCUT2D eigenvalue weighted by atomic mass is 16.6. The Morgan fingerprint density at radius 1 is 1.50 bits per heavy atom. The number of ketones is 1. The molecule has 1 aliphatic carbocycles. The number of rotatable bonds is 0. The Hall–Kier alpha value is -1.06. The third-order valence-corrected chi connectivity index (χ3v) is 2.52. The molecule has 1 saturated heterocycles. The second-order valence-electron chi connectivity index (χ2n) is 4.98. The predicted octanol–water partition coefficient (Wildman–Crippen LogP) is 1.19. The maximum absolute atomic E-state index is 11.6. The van der Waals surface area contributed by atoms with Gasteiger partial charge in [-0.15, -0.1) is 0 Å². The zero-order valence-electron chi connectivity index (χ0n) is 8.74. The van der Waals surface area contributed by atoms with Crippen molar-refractivity contribution < 1.29 is 14.3 Å². The lowest BCUT2D eigenvalue weighted by molar-refractivity contribution is -0.118. The summed E-state index contributed by atoms with van der Waals surface area (Å²) in [6.07, 6.45) is 0.480. The SMILES string of the molecule is CC(C)(C)OC(=O)N1CC(=O)[C@@H]2C[C@@H]21. The standard InChI is InChI=1S/C10H15NO3/c1-10(2,3)14-9(13)11-5-8(12)6-4-7(6)11/h6-7H,4-5H2,1-3H3/t6-,7+/m1/s1. The predicted molar refractivity (Wildman–Crippen MR) is 49.8 cm³/mol. The van der Waals surface area contributed by atoms with Gasteiger partial charge in [-0.25, -0.2) is 4.79 Å². The van der Waals surface area contributed by atoms with Crippen molar-refractivity contribution in [3.8, 4) is 0 Å². The molecule has 0 aromatic carbocycles. The lowest BCUT2D eigenvalue weighted by Crippen LogP contribution is -2.37. The molecule has 0 bridgehead atoms. The number of nitrogens with zero attached hydrogens (tertiary/aromatic N) is 1. The minimum atomic E-state index is -0.479. The van der Waals surface area contributed by atoms with Crippen LogP contribution in [0, 0.1) is 5.92 Å². The number of piperidine rings is 1. The first-order chi connectivity index (χ1) is 6.38. The van der Waals surface area contributed by atoms with Crippen LogP contribution in [-0.4, -0.2) is 35.0 Å². The highest BCUT2D eigenvalue weighted by Gasteiger charge is 2.55. The molecule has 1 saturated carbocycles. The van der Waals surface area contributed by atoms with E-state index in [2.05, 4.69) is 0 Å². The Morgan fingerprint density at radius 2 is 2.14 bits per heavy atom. The highest BCUT2D eigenvalue weighted by Crippen LogP contribution is 2.42. The zero-order chi connectivity index (χ0) is 10.5. The number of fused-ring (bicyclic) bond motifs is 1. The molecule has 0 N–H and O–H groups in total. The molecule has 1 aliphatic heterocycles. The summed E-state index contributed by atoms with van der Waals surface area (Å²) in [5, 5.41) is 0. The van der Waals surface area contributed by atoms with Crippen LogP contribution in [0.25, 0.3) is 0 Å². The van der Waals surface area contributed by atoms with Gasteiger partial charge in [-0.3, -0.25) is 9.69 Å². The van der Waals surface area contributed by atoms with Crippen LogP contribution in [0.2, 0.25) is 0 Å². The maximum Gasteiger partial charge on any atom is 0.410 e. The molecule has 4 heteroatoms. The van der Waals surface area contributed by atoms with E-state index in [-0.39, 0.29) is 30.4 Å². The van der Waals surface area contributed by atoms with Crippen molar-refractivity contribution in [3.63, 3.8) is 0 Å². The van der Waals surface area contributed by atoms with E-state index < -0.39 is 5.60 Å². The fourth-order valence-electron chi connectivity index (χ4n) is 1.79. The van der Waals surface area contributed by atoms with E-state index in [1.54, 1.807) is 4.90 Å². The van der Waals surface area contributed by atoms with Gasteiger partial charge in [0.25, 0.3) is 0 Å². The first-order valence-electron chi connectivity index (χ1n) is 4.91. The molecule has 78 valence electrons. The smallest absolute Gasteiger partial charge is 0.410 e. The van der Waals surface area contributed by atoms with Crippen LogP contribution in [0.5, 0.6) is 0 Å². The van der Waals surface area contributed by atoms with Crippen molar-refractivity contribution in [2.45, 2.75) is 38.8 Å². The van der Waals surface area contributed by atoms with Gasteiger partial charge in [-0.2, -0.15) is 0 Å². The number of hydrogen-bond acceptors (Lipinski definition) is 3. The zero-order valence-corrected chi connectivity index (χ0v) is 8.74. The van der Waals surface area contributed by atoms with Crippen LogP contribution in [0.4, 0.5) is 4.79 Å². The number of carbonyl (C=O) groups excluding carboxylic acids is 2. The topological polar surface area (TPSA) is 46.6 Å². The molecule has 2 fully saturated rings. The van der Waals surface area contributed by atoms with Gasteiger partial charge in [0.05, 0.1) is 6.54 Å². The molecule has 2 aliphatic rings. The van der Waals surface area contributed by atoms with Gasteiger partial charge in [0, 0.05) is 12.0 Å². The fraction of sp³-hybridized carbons (Fsp3) is 0.800. The summed E-state index contributed by atoms with van der Waals surface area (Å²) in [5.74, 6) is 0.295. The number of ether oxygens (including phenoxy) is 1.